The van der Waals surface area contributed by atoms with Gasteiger partial charge in [-0.2, -0.15) is 0 Å². The molecule has 0 N–H and O–H groups in total. The van der Waals surface area contributed by atoms with Crippen molar-refractivity contribution >= 4 is 17.5 Å². The molecule has 0 saturated carbocycles. The smallest absolute Gasteiger partial charge is 0.291 e. The Balaban J connectivity index is 1.65. The van der Waals surface area contributed by atoms with Crippen LogP contribution in [-0.4, -0.2) is 48.2 Å². The summed E-state index contributed by atoms with van der Waals surface area (Å²) in [5.41, 5.74) is 0.715. The van der Waals surface area contributed by atoms with E-state index in [0.717, 1.165) is 25.7 Å². The number of ketones is 2. The first kappa shape index (κ1) is 22.3. The Bertz CT molecular complexity index is 973. The van der Waals surface area contributed by atoms with E-state index in [-0.39, 0.29) is 18.4 Å². The lowest BCUT2D eigenvalue weighted by Gasteiger charge is -2.29. The van der Waals surface area contributed by atoms with Crippen LogP contribution in [-0.2, 0) is 14.3 Å². The molecule has 4 rings (SSSR count). The van der Waals surface area contributed by atoms with E-state index >= 15 is 0 Å². The van der Waals surface area contributed by atoms with Gasteiger partial charge in [0, 0.05) is 13.2 Å². The summed E-state index contributed by atoms with van der Waals surface area (Å²) in [5, 5.41) is 0. The standard InChI is InChI=1S/C25H29NO6/c1-3-4-13-30-18-10-8-17(9-11-18)22-21(23(27)20-12-7-16(2)32-20)24(28)25(29)26(22)15-19-6-5-14-31-19/h7-12,19,21-22H,3-6,13-15H2,1-2H3. The van der Waals surface area contributed by atoms with Crippen LogP contribution in [0.1, 0.15) is 60.5 Å². The second kappa shape index (κ2) is 9.69. The number of Topliss-reactive ketones (excluding diaryl/α,β-unsaturated/α-hetero) is 2. The van der Waals surface area contributed by atoms with Gasteiger partial charge in [0.15, 0.2) is 5.76 Å². The van der Waals surface area contributed by atoms with E-state index in [4.69, 9.17) is 13.9 Å². The van der Waals surface area contributed by atoms with E-state index in [2.05, 4.69) is 6.92 Å². The van der Waals surface area contributed by atoms with Crippen LogP contribution in [0, 0.1) is 12.8 Å². The number of furan rings is 1. The number of nitrogens with zero attached hydrogens (tertiary/aromatic N) is 1. The molecule has 7 heteroatoms. The van der Waals surface area contributed by atoms with E-state index in [1.165, 1.54) is 4.90 Å². The zero-order chi connectivity index (χ0) is 22.7. The third-order valence-corrected chi connectivity index (χ3v) is 6.08. The van der Waals surface area contributed by atoms with Crippen LogP contribution in [0.25, 0.3) is 0 Å². The molecule has 3 unspecified atom stereocenters. The highest BCUT2D eigenvalue weighted by molar-refractivity contribution is 6.43. The van der Waals surface area contributed by atoms with Crippen molar-refractivity contribution in [2.24, 2.45) is 5.92 Å². The average molecular weight is 440 g/mol. The van der Waals surface area contributed by atoms with Crippen molar-refractivity contribution in [1.82, 2.24) is 4.90 Å². The van der Waals surface area contributed by atoms with Crippen LogP contribution in [0.5, 0.6) is 5.75 Å². The van der Waals surface area contributed by atoms with Gasteiger partial charge < -0.3 is 18.8 Å². The van der Waals surface area contributed by atoms with Crippen molar-refractivity contribution in [3.8, 4) is 5.75 Å². The molecule has 0 bridgehead atoms. The summed E-state index contributed by atoms with van der Waals surface area (Å²) in [5.74, 6) is -1.58. The van der Waals surface area contributed by atoms with Crippen molar-refractivity contribution in [3.63, 3.8) is 0 Å². The minimum absolute atomic E-state index is 0.0946. The maximum Gasteiger partial charge on any atom is 0.291 e. The van der Waals surface area contributed by atoms with E-state index in [9.17, 15) is 14.4 Å². The summed E-state index contributed by atoms with van der Waals surface area (Å²) < 4.78 is 16.9. The molecule has 2 aromatic rings. The third-order valence-electron chi connectivity index (χ3n) is 6.08. The average Bonchev–Trinajstić information content (AvgIpc) is 3.52. The van der Waals surface area contributed by atoms with Crippen LogP contribution in [0.2, 0.25) is 0 Å². The molecular weight excluding hydrogens is 410 g/mol. The van der Waals surface area contributed by atoms with Gasteiger partial charge in [-0.05, 0) is 56.0 Å². The molecule has 32 heavy (non-hydrogen) atoms. The Morgan fingerprint density at radius 2 is 1.94 bits per heavy atom. The molecule has 2 aliphatic rings. The molecule has 3 heterocycles. The number of benzene rings is 1. The monoisotopic (exact) mass is 439 g/mol. The number of carbonyl (C=O) groups is 3. The Hall–Kier alpha value is -2.93. The molecule has 0 radical (unpaired) electrons. The quantitative estimate of drug-likeness (QED) is 0.255. The fourth-order valence-electron chi connectivity index (χ4n) is 4.38. The fourth-order valence-corrected chi connectivity index (χ4v) is 4.38. The van der Waals surface area contributed by atoms with Crippen LogP contribution < -0.4 is 4.74 Å². The Labute approximate surface area is 187 Å². The van der Waals surface area contributed by atoms with Gasteiger partial charge in [-0.1, -0.05) is 25.5 Å². The highest BCUT2D eigenvalue weighted by atomic mass is 16.5. The lowest BCUT2D eigenvalue weighted by atomic mass is 9.88. The lowest BCUT2D eigenvalue weighted by Crippen LogP contribution is -2.36. The summed E-state index contributed by atoms with van der Waals surface area (Å²) in [6.45, 7) is 5.38. The molecule has 1 aromatic carbocycles. The first-order valence-electron chi connectivity index (χ1n) is 11.3. The second-order valence-electron chi connectivity index (χ2n) is 8.42. The van der Waals surface area contributed by atoms with Gasteiger partial charge in [-0.3, -0.25) is 14.4 Å². The summed E-state index contributed by atoms with van der Waals surface area (Å²) in [7, 11) is 0. The summed E-state index contributed by atoms with van der Waals surface area (Å²) in [6.07, 6.45) is 3.61. The SMILES string of the molecule is CCCCOc1ccc(C2C(C(=O)c3ccc(C)o3)C(=O)C(=O)N2CC2CCCO2)cc1. The van der Waals surface area contributed by atoms with Crippen LogP contribution in [0.15, 0.2) is 40.8 Å². The zero-order valence-corrected chi connectivity index (χ0v) is 18.5. The number of amides is 1. The first-order valence-corrected chi connectivity index (χ1v) is 11.3. The van der Waals surface area contributed by atoms with Gasteiger partial charge in [0.2, 0.25) is 11.6 Å². The zero-order valence-electron chi connectivity index (χ0n) is 18.5. The lowest BCUT2D eigenvalue weighted by molar-refractivity contribution is -0.141. The largest absolute Gasteiger partial charge is 0.494 e. The number of hydrogen-bond acceptors (Lipinski definition) is 6. The van der Waals surface area contributed by atoms with Crippen LogP contribution in [0.3, 0.4) is 0 Å². The summed E-state index contributed by atoms with van der Waals surface area (Å²) in [4.78, 5) is 40.8. The van der Waals surface area contributed by atoms with E-state index in [0.29, 0.717) is 30.3 Å². The number of rotatable bonds is 9. The van der Waals surface area contributed by atoms with Crippen LogP contribution >= 0.6 is 0 Å². The van der Waals surface area contributed by atoms with Crippen molar-refractivity contribution in [2.45, 2.75) is 51.7 Å². The second-order valence-corrected chi connectivity index (χ2v) is 8.42. The number of carbonyl (C=O) groups excluding carboxylic acids is 3. The summed E-state index contributed by atoms with van der Waals surface area (Å²) in [6, 6.07) is 9.82. The van der Waals surface area contributed by atoms with Gasteiger partial charge in [0.05, 0.1) is 18.8 Å². The number of aryl methyl sites for hydroxylation is 1. The minimum atomic E-state index is -1.15. The Kier molecular flexibility index (Phi) is 6.74. The minimum Gasteiger partial charge on any atom is -0.494 e. The predicted octanol–water partition coefficient (Wildman–Crippen LogP) is 3.90. The molecule has 1 aromatic heterocycles. The summed E-state index contributed by atoms with van der Waals surface area (Å²) >= 11 is 0. The first-order chi connectivity index (χ1) is 15.5. The molecule has 7 nitrogen and oxygen atoms in total. The maximum absolute atomic E-state index is 13.3. The Morgan fingerprint density at radius 3 is 2.56 bits per heavy atom. The number of unbranched alkanes of at least 4 members (excludes halogenated alkanes) is 1. The van der Waals surface area contributed by atoms with Gasteiger partial charge in [-0.15, -0.1) is 0 Å². The number of ether oxygens (including phenoxy) is 2. The van der Waals surface area contributed by atoms with Crippen molar-refractivity contribution in [3.05, 3.63) is 53.5 Å². The molecule has 0 aliphatic carbocycles. The van der Waals surface area contributed by atoms with Gasteiger partial charge in [0.1, 0.15) is 17.4 Å². The van der Waals surface area contributed by atoms with Crippen molar-refractivity contribution in [1.29, 1.82) is 0 Å². The molecule has 3 atom stereocenters. The topological polar surface area (TPSA) is 86.0 Å². The van der Waals surface area contributed by atoms with Gasteiger partial charge in [-0.25, -0.2) is 0 Å². The molecule has 2 aliphatic heterocycles. The molecule has 1 amide bonds. The highest BCUT2D eigenvalue weighted by Crippen LogP contribution is 2.39. The maximum atomic E-state index is 13.3. The third kappa shape index (κ3) is 4.48. The molecule has 170 valence electrons. The highest BCUT2D eigenvalue weighted by Gasteiger charge is 2.52. The normalized spacial score (nSPS) is 23.2. The van der Waals surface area contributed by atoms with Crippen molar-refractivity contribution < 1.29 is 28.3 Å². The van der Waals surface area contributed by atoms with Gasteiger partial charge in [0.25, 0.3) is 5.91 Å². The van der Waals surface area contributed by atoms with Crippen molar-refractivity contribution in [2.75, 3.05) is 19.8 Å². The van der Waals surface area contributed by atoms with E-state index in [1.807, 2.05) is 24.3 Å². The fraction of sp³-hybridized carbons (Fsp3) is 0.480. The Morgan fingerprint density at radius 1 is 1.16 bits per heavy atom. The molecule has 2 saturated heterocycles. The molecular formula is C25H29NO6. The van der Waals surface area contributed by atoms with Gasteiger partial charge >= 0.3 is 0 Å². The molecule has 2 fully saturated rings. The van der Waals surface area contributed by atoms with E-state index in [1.54, 1.807) is 19.1 Å². The number of hydrogen-bond donors (Lipinski definition) is 0. The van der Waals surface area contributed by atoms with Crippen LogP contribution in [0.4, 0.5) is 0 Å². The predicted molar refractivity (Wildman–Crippen MR) is 117 cm³/mol. The van der Waals surface area contributed by atoms with E-state index < -0.39 is 29.4 Å². The number of likely N-dealkylation sites (tertiary alicyclic amines) is 1. The molecule has 0 spiro atoms.